The lowest BCUT2D eigenvalue weighted by molar-refractivity contribution is 0.569. The Morgan fingerprint density at radius 3 is 2.50 bits per heavy atom. The van der Waals surface area contributed by atoms with Gasteiger partial charge in [0.25, 0.3) is 5.56 Å². The Morgan fingerprint density at radius 2 is 2.00 bits per heavy atom. The van der Waals surface area contributed by atoms with E-state index in [1.165, 1.54) is 6.07 Å². The quantitative estimate of drug-likeness (QED) is 0.540. The highest BCUT2D eigenvalue weighted by Crippen LogP contribution is 1.99. The molecule has 0 amide bonds. The summed E-state index contributed by atoms with van der Waals surface area (Å²) >= 11 is 0. The number of pyridine rings is 1. The summed E-state index contributed by atoms with van der Waals surface area (Å²) in [7, 11) is 0. The summed E-state index contributed by atoms with van der Waals surface area (Å²) in [5.74, 6) is -0.546. The molecule has 0 spiro atoms. The standard InChI is InChI=1S/C7H8FNO/c1-4-3-5(2)7(10)9-6(4)8/h3H,1-2H3,(H,9,10). The van der Waals surface area contributed by atoms with Crippen molar-refractivity contribution < 1.29 is 4.39 Å². The molecule has 1 aromatic heterocycles. The van der Waals surface area contributed by atoms with E-state index >= 15 is 0 Å². The predicted molar refractivity (Wildman–Crippen MR) is 36.5 cm³/mol. The van der Waals surface area contributed by atoms with Crippen LogP contribution in [-0.4, -0.2) is 4.98 Å². The molecule has 1 heterocycles. The summed E-state index contributed by atoms with van der Waals surface area (Å²) in [6.07, 6.45) is 0. The first-order valence-electron chi connectivity index (χ1n) is 2.97. The Morgan fingerprint density at radius 1 is 1.40 bits per heavy atom. The molecule has 1 rings (SSSR count). The molecule has 0 aliphatic rings. The summed E-state index contributed by atoms with van der Waals surface area (Å²) in [6.45, 7) is 3.25. The van der Waals surface area contributed by atoms with E-state index in [0.717, 1.165) is 0 Å². The fraction of sp³-hybridized carbons (Fsp3) is 0.286. The van der Waals surface area contributed by atoms with Crippen LogP contribution >= 0.6 is 0 Å². The maximum absolute atomic E-state index is 12.5. The zero-order chi connectivity index (χ0) is 7.72. The van der Waals surface area contributed by atoms with Crippen LogP contribution in [0.2, 0.25) is 0 Å². The predicted octanol–water partition coefficient (Wildman–Crippen LogP) is 1.13. The highest BCUT2D eigenvalue weighted by atomic mass is 19.1. The largest absolute Gasteiger partial charge is 0.298 e. The fourth-order valence-corrected chi connectivity index (χ4v) is 0.751. The minimum Gasteiger partial charge on any atom is -0.298 e. The van der Waals surface area contributed by atoms with E-state index in [0.29, 0.717) is 11.1 Å². The normalized spacial score (nSPS) is 9.90. The number of aromatic amines is 1. The van der Waals surface area contributed by atoms with Gasteiger partial charge in [0.15, 0.2) is 5.95 Å². The molecular formula is C7H8FNO. The zero-order valence-corrected chi connectivity index (χ0v) is 5.86. The molecule has 0 atom stereocenters. The molecule has 0 aliphatic carbocycles. The third kappa shape index (κ3) is 1.07. The number of aryl methyl sites for hydroxylation is 2. The van der Waals surface area contributed by atoms with Gasteiger partial charge in [-0.05, 0) is 19.9 Å². The summed E-state index contributed by atoms with van der Waals surface area (Å²) < 4.78 is 12.5. The molecule has 0 saturated carbocycles. The average Bonchev–Trinajstić information content (AvgIpc) is 1.84. The molecule has 3 heteroatoms. The number of hydrogen-bond acceptors (Lipinski definition) is 1. The summed E-state index contributed by atoms with van der Waals surface area (Å²) in [4.78, 5) is 12.8. The van der Waals surface area contributed by atoms with Crippen molar-refractivity contribution in [2.45, 2.75) is 13.8 Å². The maximum atomic E-state index is 12.5. The van der Waals surface area contributed by atoms with Gasteiger partial charge in [-0.15, -0.1) is 0 Å². The second-order valence-corrected chi connectivity index (χ2v) is 2.28. The number of rotatable bonds is 0. The van der Waals surface area contributed by atoms with Gasteiger partial charge in [-0.2, -0.15) is 4.39 Å². The van der Waals surface area contributed by atoms with E-state index in [2.05, 4.69) is 4.98 Å². The van der Waals surface area contributed by atoms with Gasteiger partial charge in [0.05, 0.1) is 0 Å². The SMILES string of the molecule is Cc1cc(C)c(=O)[nH]c1F. The van der Waals surface area contributed by atoms with Crippen LogP contribution in [0, 0.1) is 19.8 Å². The van der Waals surface area contributed by atoms with Crippen molar-refractivity contribution in [1.82, 2.24) is 4.98 Å². The van der Waals surface area contributed by atoms with Crippen molar-refractivity contribution in [3.05, 3.63) is 33.5 Å². The zero-order valence-electron chi connectivity index (χ0n) is 5.86. The Labute approximate surface area is 57.7 Å². The Balaban J connectivity index is 3.43. The van der Waals surface area contributed by atoms with Gasteiger partial charge >= 0.3 is 0 Å². The topological polar surface area (TPSA) is 32.9 Å². The first-order valence-corrected chi connectivity index (χ1v) is 2.97. The smallest absolute Gasteiger partial charge is 0.253 e. The van der Waals surface area contributed by atoms with Gasteiger partial charge in [-0.1, -0.05) is 0 Å². The molecule has 0 aliphatic heterocycles. The maximum Gasteiger partial charge on any atom is 0.253 e. The van der Waals surface area contributed by atoms with Crippen LogP contribution < -0.4 is 5.56 Å². The number of halogens is 1. The van der Waals surface area contributed by atoms with Crippen molar-refractivity contribution in [3.8, 4) is 0 Å². The van der Waals surface area contributed by atoms with E-state index < -0.39 is 5.95 Å². The number of hydrogen-bond donors (Lipinski definition) is 1. The highest BCUT2D eigenvalue weighted by molar-refractivity contribution is 5.16. The number of aromatic nitrogens is 1. The molecule has 0 bridgehead atoms. The fourth-order valence-electron chi connectivity index (χ4n) is 0.751. The van der Waals surface area contributed by atoms with Crippen LogP contribution in [0.5, 0.6) is 0 Å². The van der Waals surface area contributed by atoms with Crippen molar-refractivity contribution in [1.29, 1.82) is 0 Å². The van der Waals surface area contributed by atoms with Crippen LogP contribution in [0.1, 0.15) is 11.1 Å². The highest BCUT2D eigenvalue weighted by Gasteiger charge is 1.98. The van der Waals surface area contributed by atoms with Crippen LogP contribution in [0.4, 0.5) is 4.39 Å². The molecule has 2 nitrogen and oxygen atoms in total. The summed E-state index contributed by atoms with van der Waals surface area (Å²) in [5, 5.41) is 0. The molecule has 0 unspecified atom stereocenters. The molecule has 1 N–H and O–H groups in total. The van der Waals surface area contributed by atoms with Crippen molar-refractivity contribution in [2.24, 2.45) is 0 Å². The van der Waals surface area contributed by atoms with Crippen LogP contribution in [0.3, 0.4) is 0 Å². The van der Waals surface area contributed by atoms with Crippen LogP contribution in [-0.2, 0) is 0 Å². The van der Waals surface area contributed by atoms with Gasteiger partial charge in [0.2, 0.25) is 0 Å². The lowest BCUT2D eigenvalue weighted by Gasteiger charge is -1.95. The average molecular weight is 141 g/mol. The Hall–Kier alpha value is -1.12. The second kappa shape index (κ2) is 2.25. The van der Waals surface area contributed by atoms with Crippen LogP contribution in [0.15, 0.2) is 10.9 Å². The molecule has 0 radical (unpaired) electrons. The molecule has 0 fully saturated rings. The first-order chi connectivity index (χ1) is 4.61. The molecular weight excluding hydrogens is 133 g/mol. The van der Waals surface area contributed by atoms with E-state index in [9.17, 15) is 9.18 Å². The summed E-state index contributed by atoms with van der Waals surface area (Å²) in [5.41, 5.74) is 0.652. The molecule has 1 aromatic rings. The minimum absolute atomic E-state index is 0.358. The first kappa shape index (κ1) is 6.99. The lowest BCUT2D eigenvalue weighted by atomic mass is 10.2. The molecule has 54 valence electrons. The van der Waals surface area contributed by atoms with E-state index in [-0.39, 0.29) is 5.56 Å². The van der Waals surface area contributed by atoms with Gasteiger partial charge in [0, 0.05) is 11.1 Å². The van der Waals surface area contributed by atoms with E-state index in [4.69, 9.17) is 0 Å². The van der Waals surface area contributed by atoms with Gasteiger partial charge in [-0.3, -0.25) is 9.78 Å². The second-order valence-electron chi connectivity index (χ2n) is 2.28. The van der Waals surface area contributed by atoms with E-state index in [1.54, 1.807) is 13.8 Å². The Bertz CT molecular complexity index is 303. The molecule has 0 saturated heterocycles. The third-order valence-corrected chi connectivity index (χ3v) is 1.36. The third-order valence-electron chi connectivity index (χ3n) is 1.36. The van der Waals surface area contributed by atoms with Gasteiger partial charge in [-0.25, -0.2) is 0 Å². The van der Waals surface area contributed by atoms with Gasteiger partial charge in [0.1, 0.15) is 0 Å². The minimum atomic E-state index is -0.546. The molecule has 0 aromatic carbocycles. The van der Waals surface area contributed by atoms with E-state index in [1.807, 2.05) is 0 Å². The van der Waals surface area contributed by atoms with Gasteiger partial charge < -0.3 is 0 Å². The van der Waals surface area contributed by atoms with Crippen LogP contribution in [0.25, 0.3) is 0 Å². The van der Waals surface area contributed by atoms with Crippen molar-refractivity contribution in [2.75, 3.05) is 0 Å². The molecule has 10 heavy (non-hydrogen) atoms. The Kier molecular flexibility index (Phi) is 1.57. The number of nitrogens with one attached hydrogen (secondary N) is 1. The monoisotopic (exact) mass is 141 g/mol. The lowest BCUT2D eigenvalue weighted by Crippen LogP contribution is -2.11. The summed E-state index contributed by atoms with van der Waals surface area (Å²) in [6, 6.07) is 1.52. The van der Waals surface area contributed by atoms with Crippen molar-refractivity contribution >= 4 is 0 Å². The van der Waals surface area contributed by atoms with Crippen molar-refractivity contribution in [3.63, 3.8) is 0 Å². The number of H-pyrrole nitrogens is 1.